The van der Waals surface area contributed by atoms with Gasteiger partial charge in [-0.1, -0.05) is 11.6 Å². The predicted octanol–water partition coefficient (Wildman–Crippen LogP) is 2.21. The second-order valence-corrected chi connectivity index (χ2v) is 3.86. The third-order valence-corrected chi connectivity index (χ3v) is 2.50. The van der Waals surface area contributed by atoms with Crippen LogP contribution in [0.3, 0.4) is 0 Å². The van der Waals surface area contributed by atoms with Crippen molar-refractivity contribution in [2.24, 2.45) is 5.73 Å². The van der Waals surface area contributed by atoms with Crippen molar-refractivity contribution in [2.45, 2.75) is 25.0 Å². The van der Waals surface area contributed by atoms with Gasteiger partial charge in [0.25, 0.3) is 0 Å². The summed E-state index contributed by atoms with van der Waals surface area (Å²) in [5.41, 5.74) is 5.65. The van der Waals surface area contributed by atoms with Gasteiger partial charge in [0, 0.05) is 11.1 Å². The normalized spacial score (nSPS) is 26.6. The Bertz CT molecular complexity index is 279. The molecule has 0 heterocycles. The van der Waals surface area contributed by atoms with Gasteiger partial charge < -0.3 is 10.5 Å². The van der Waals surface area contributed by atoms with Gasteiger partial charge in [-0.25, -0.2) is 0 Å². The van der Waals surface area contributed by atoms with E-state index in [4.69, 9.17) is 22.1 Å². The van der Waals surface area contributed by atoms with Gasteiger partial charge in [0.2, 0.25) is 0 Å². The van der Waals surface area contributed by atoms with Crippen molar-refractivity contribution in [1.29, 1.82) is 0 Å². The van der Waals surface area contributed by atoms with Crippen LogP contribution in [0.1, 0.15) is 12.8 Å². The third-order valence-electron chi connectivity index (χ3n) is 2.25. The van der Waals surface area contributed by atoms with Crippen molar-refractivity contribution in [3.8, 4) is 5.75 Å². The Hall–Kier alpha value is -0.730. The van der Waals surface area contributed by atoms with Crippen molar-refractivity contribution in [1.82, 2.24) is 0 Å². The van der Waals surface area contributed by atoms with Crippen LogP contribution in [0.15, 0.2) is 24.3 Å². The van der Waals surface area contributed by atoms with Crippen molar-refractivity contribution < 1.29 is 4.74 Å². The molecule has 2 N–H and O–H groups in total. The quantitative estimate of drug-likeness (QED) is 0.789. The second-order valence-electron chi connectivity index (χ2n) is 3.43. The summed E-state index contributed by atoms with van der Waals surface area (Å²) in [5, 5.41) is 0.734. The average Bonchev–Trinajstić information content (AvgIpc) is 2.06. The first-order valence-corrected chi connectivity index (χ1v) is 4.79. The number of hydrogen-bond donors (Lipinski definition) is 1. The van der Waals surface area contributed by atoms with E-state index in [2.05, 4.69) is 0 Å². The maximum atomic E-state index is 5.74. The zero-order chi connectivity index (χ0) is 9.26. The van der Waals surface area contributed by atoms with E-state index in [1.807, 2.05) is 24.3 Å². The molecule has 0 amide bonds. The van der Waals surface area contributed by atoms with Crippen molar-refractivity contribution in [3.05, 3.63) is 29.3 Å². The number of benzene rings is 1. The first-order valence-electron chi connectivity index (χ1n) is 4.42. The summed E-state index contributed by atoms with van der Waals surface area (Å²) < 4.78 is 5.64. The van der Waals surface area contributed by atoms with Gasteiger partial charge in [0.05, 0.1) is 0 Å². The van der Waals surface area contributed by atoms with Crippen LogP contribution in [0.2, 0.25) is 5.02 Å². The molecule has 0 atom stereocenters. The van der Waals surface area contributed by atoms with Crippen LogP contribution in [0.25, 0.3) is 0 Å². The minimum atomic E-state index is 0.302. The fourth-order valence-corrected chi connectivity index (χ4v) is 1.53. The van der Waals surface area contributed by atoms with Crippen molar-refractivity contribution in [3.63, 3.8) is 0 Å². The summed E-state index contributed by atoms with van der Waals surface area (Å²) in [7, 11) is 0. The molecule has 0 unspecified atom stereocenters. The predicted molar refractivity (Wildman–Crippen MR) is 53.1 cm³/mol. The van der Waals surface area contributed by atoms with Gasteiger partial charge in [-0.3, -0.25) is 0 Å². The fraction of sp³-hybridized carbons (Fsp3) is 0.400. The van der Waals surface area contributed by atoms with Crippen LogP contribution in [-0.4, -0.2) is 12.1 Å². The van der Waals surface area contributed by atoms with Crippen LogP contribution in [0.5, 0.6) is 5.75 Å². The number of rotatable bonds is 2. The Kier molecular flexibility index (Phi) is 2.42. The lowest BCUT2D eigenvalue weighted by atomic mass is 9.90. The highest BCUT2D eigenvalue weighted by Gasteiger charge is 2.27. The molecule has 1 aliphatic carbocycles. The molecule has 3 heteroatoms. The Morgan fingerprint density at radius 3 is 2.38 bits per heavy atom. The Morgan fingerprint density at radius 1 is 1.23 bits per heavy atom. The molecule has 0 aliphatic heterocycles. The molecule has 1 saturated carbocycles. The molecule has 0 radical (unpaired) electrons. The highest BCUT2D eigenvalue weighted by atomic mass is 35.5. The van der Waals surface area contributed by atoms with E-state index in [0.717, 1.165) is 23.6 Å². The van der Waals surface area contributed by atoms with Gasteiger partial charge in [0.1, 0.15) is 11.9 Å². The number of ether oxygens (including phenoxy) is 1. The molecule has 0 aromatic heterocycles. The number of nitrogens with two attached hydrogens (primary N) is 1. The SMILES string of the molecule is NC1CC(Oc2ccc(Cl)cc2)C1. The van der Waals surface area contributed by atoms with E-state index in [1.54, 1.807) is 0 Å². The molecule has 0 saturated heterocycles. The Morgan fingerprint density at radius 2 is 1.85 bits per heavy atom. The van der Waals surface area contributed by atoms with E-state index in [1.165, 1.54) is 0 Å². The molecule has 70 valence electrons. The molecule has 13 heavy (non-hydrogen) atoms. The summed E-state index contributed by atoms with van der Waals surface area (Å²) in [6.07, 6.45) is 2.22. The molecule has 2 rings (SSSR count). The smallest absolute Gasteiger partial charge is 0.119 e. The maximum Gasteiger partial charge on any atom is 0.119 e. The van der Waals surface area contributed by atoms with Crippen LogP contribution in [-0.2, 0) is 0 Å². The number of hydrogen-bond acceptors (Lipinski definition) is 2. The average molecular weight is 198 g/mol. The third kappa shape index (κ3) is 2.14. The minimum Gasteiger partial charge on any atom is -0.490 e. The monoisotopic (exact) mass is 197 g/mol. The highest BCUT2D eigenvalue weighted by Crippen LogP contribution is 2.25. The summed E-state index contributed by atoms with van der Waals surface area (Å²) >= 11 is 5.74. The zero-order valence-electron chi connectivity index (χ0n) is 7.24. The van der Waals surface area contributed by atoms with Crippen molar-refractivity contribution >= 4 is 11.6 Å². The molecule has 1 fully saturated rings. The standard InChI is InChI=1S/C10H12ClNO/c11-7-1-3-9(4-2-7)13-10-5-8(12)6-10/h1-4,8,10H,5-6,12H2. The van der Waals surface area contributed by atoms with Gasteiger partial charge in [0.15, 0.2) is 0 Å². The molecule has 2 nitrogen and oxygen atoms in total. The van der Waals surface area contributed by atoms with Crippen LogP contribution >= 0.6 is 11.6 Å². The summed E-state index contributed by atoms with van der Waals surface area (Å²) in [4.78, 5) is 0. The number of halogens is 1. The van der Waals surface area contributed by atoms with E-state index >= 15 is 0 Å². The highest BCUT2D eigenvalue weighted by molar-refractivity contribution is 6.30. The topological polar surface area (TPSA) is 35.2 Å². The van der Waals surface area contributed by atoms with E-state index in [9.17, 15) is 0 Å². The minimum absolute atomic E-state index is 0.302. The first-order chi connectivity index (χ1) is 6.24. The van der Waals surface area contributed by atoms with Gasteiger partial charge in [-0.05, 0) is 37.1 Å². The van der Waals surface area contributed by atoms with Gasteiger partial charge in [-0.15, -0.1) is 0 Å². The Labute approximate surface area is 82.6 Å². The van der Waals surface area contributed by atoms with E-state index in [0.29, 0.717) is 12.1 Å². The molecular weight excluding hydrogens is 186 g/mol. The lowest BCUT2D eigenvalue weighted by Crippen LogP contribution is -2.43. The van der Waals surface area contributed by atoms with E-state index < -0.39 is 0 Å². The van der Waals surface area contributed by atoms with Crippen LogP contribution in [0.4, 0.5) is 0 Å². The molecular formula is C10H12ClNO. The van der Waals surface area contributed by atoms with Gasteiger partial charge in [-0.2, -0.15) is 0 Å². The molecule has 0 spiro atoms. The molecule has 0 bridgehead atoms. The van der Waals surface area contributed by atoms with E-state index in [-0.39, 0.29) is 0 Å². The molecule has 1 aromatic carbocycles. The summed E-state index contributed by atoms with van der Waals surface area (Å²) in [6.45, 7) is 0. The van der Waals surface area contributed by atoms with Gasteiger partial charge >= 0.3 is 0 Å². The summed E-state index contributed by atoms with van der Waals surface area (Å²) in [6, 6.07) is 7.75. The summed E-state index contributed by atoms with van der Waals surface area (Å²) in [5.74, 6) is 0.876. The second kappa shape index (κ2) is 3.56. The molecule has 1 aliphatic rings. The zero-order valence-corrected chi connectivity index (χ0v) is 8.00. The Balaban J connectivity index is 1.91. The van der Waals surface area contributed by atoms with Crippen LogP contribution < -0.4 is 10.5 Å². The van der Waals surface area contributed by atoms with Crippen molar-refractivity contribution in [2.75, 3.05) is 0 Å². The fourth-order valence-electron chi connectivity index (χ4n) is 1.41. The lowest BCUT2D eigenvalue weighted by Gasteiger charge is -2.32. The molecule has 1 aromatic rings. The maximum absolute atomic E-state index is 5.74. The first kappa shape index (κ1) is 8.85. The lowest BCUT2D eigenvalue weighted by molar-refractivity contribution is 0.101. The largest absolute Gasteiger partial charge is 0.490 e. The van der Waals surface area contributed by atoms with Crippen LogP contribution in [0, 0.1) is 0 Å².